The molecule has 0 atom stereocenters. The Bertz CT molecular complexity index is 436. The number of unbranched alkanes of at least 4 members (excludes halogenated alkanes) is 2. The lowest BCUT2D eigenvalue weighted by Gasteiger charge is -2.26. The van der Waals surface area contributed by atoms with E-state index in [1.165, 1.54) is 56.7 Å². The summed E-state index contributed by atoms with van der Waals surface area (Å²) in [6, 6.07) is 4.03. The number of benzene rings is 1. The highest BCUT2D eigenvalue weighted by Gasteiger charge is 2.19. The highest BCUT2D eigenvalue weighted by molar-refractivity contribution is 5.50. The quantitative estimate of drug-likeness (QED) is 0.535. The first-order valence-corrected chi connectivity index (χ1v) is 8.33. The second kappa shape index (κ2) is 8.31. The Morgan fingerprint density at radius 1 is 1.05 bits per heavy atom. The van der Waals surface area contributed by atoms with Gasteiger partial charge in [-0.15, -0.1) is 0 Å². The average molecular weight is 292 g/mol. The van der Waals surface area contributed by atoms with Crippen molar-refractivity contribution >= 4 is 6.08 Å². The minimum absolute atomic E-state index is 0.0996. The molecule has 0 saturated heterocycles. The molecule has 2 heteroatoms. The first-order valence-electron chi connectivity index (χ1n) is 8.33. The molecule has 0 radical (unpaired) electrons. The predicted octanol–water partition coefficient (Wildman–Crippen LogP) is 6.36. The molecule has 1 fully saturated rings. The molecule has 0 heterocycles. The largest absolute Gasteiger partial charge is 0.206 e. The summed E-state index contributed by atoms with van der Waals surface area (Å²) in [5.74, 6) is 0.400. The Morgan fingerprint density at radius 3 is 2.33 bits per heavy atom. The third kappa shape index (κ3) is 4.94. The molecule has 0 nitrogen and oxygen atoms in total. The molecule has 0 aromatic heterocycles. The van der Waals surface area contributed by atoms with Gasteiger partial charge in [0, 0.05) is 5.56 Å². The summed E-state index contributed by atoms with van der Waals surface area (Å²) >= 11 is 0. The molecule has 2 rings (SSSR count). The van der Waals surface area contributed by atoms with Crippen molar-refractivity contribution in [2.45, 2.75) is 58.3 Å². The molecule has 1 saturated carbocycles. The summed E-state index contributed by atoms with van der Waals surface area (Å²) in [5.41, 5.74) is 0.0996. The van der Waals surface area contributed by atoms with Crippen molar-refractivity contribution in [2.24, 2.45) is 11.8 Å². The lowest BCUT2D eigenvalue weighted by molar-refractivity contribution is 0.290. The lowest BCUT2D eigenvalue weighted by atomic mass is 9.79. The minimum atomic E-state index is -0.473. The average Bonchev–Trinajstić information content (AvgIpc) is 2.48. The van der Waals surface area contributed by atoms with Crippen molar-refractivity contribution in [1.29, 1.82) is 0 Å². The lowest BCUT2D eigenvalue weighted by Crippen LogP contribution is -2.13. The molecule has 0 amide bonds. The fourth-order valence-electron chi connectivity index (χ4n) is 3.25. The van der Waals surface area contributed by atoms with E-state index in [4.69, 9.17) is 0 Å². The number of rotatable bonds is 6. The van der Waals surface area contributed by atoms with Gasteiger partial charge in [-0.05, 0) is 49.7 Å². The third-order valence-electron chi connectivity index (χ3n) is 4.64. The van der Waals surface area contributed by atoms with Gasteiger partial charge in [-0.2, -0.15) is 0 Å². The van der Waals surface area contributed by atoms with Gasteiger partial charge in [0.1, 0.15) is 11.6 Å². The number of hydrogen-bond acceptors (Lipinski definition) is 0. The molecule has 116 valence electrons. The maximum Gasteiger partial charge on any atom is 0.133 e. The van der Waals surface area contributed by atoms with E-state index < -0.39 is 11.6 Å². The van der Waals surface area contributed by atoms with Crippen LogP contribution in [0.3, 0.4) is 0 Å². The second-order valence-electron chi connectivity index (χ2n) is 6.27. The predicted molar refractivity (Wildman–Crippen MR) is 85.0 cm³/mol. The molecule has 1 aliphatic rings. The van der Waals surface area contributed by atoms with Crippen LogP contribution in [-0.2, 0) is 0 Å². The van der Waals surface area contributed by atoms with Gasteiger partial charge in [-0.1, -0.05) is 50.8 Å². The van der Waals surface area contributed by atoms with Gasteiger partial charge >= 0.3 is 0 Å². The maximum absolute atomic E-state index is 13.5. The molecule has 0 N–H and O–H groups in total. The van der Waals surface area contributed by atoms with Crippen molar-refractivity contribution in [2.75, 3.05) is 0 Å². The van der Waals surface area contributed by atoms with Crippen LogP contribution >= 0.6 is 0 Å². The molecule has 1 aliphatic carbocycles. The van der Waals surface area contributed by atoms with Crippen LogP contribution in [-0.4, -0.2) is 0 Å². The Labute approximate surface area is 127 Å². The van der Waals surface area contributed by atoms with E-state index in [9.17, 15) is 8.78 Å². The fraction of sp³-hybridized carbons (Fsp3) is 0.579. The van der Waals surface area contributed by atoms with E-state index in [-0.39, 0.29) is 5.56 Å². The van der Waals surface area contributed by atoms with Crippen LogP contribution in [0, 0.1) is 23.5 Å². The van der Waals surface area contributed by atoms with Crippen LogP contribution < -0.4 is 0 Å². The molecular weight excluding hydrogens is 266 g/mol. The van der Waals surface area contributed by atoms with Gasteiger partial charge in [0.25, 0.3) is 0 Å². The molecule has 0 bridgehead atoms. The topological polar surface area (TPSA) is 0 Å². The highest BCUT2D eigenvalue weighted by atomic mass is 19.1. The Hall–Kier alpha value is -1.18. The van der Waals surface area contributed by atoms with E-state index in [0.717, 1.165) is 18.8 Å². The molecule has 0 spiro atoms. The Morgan fingerprint density at radius 2 is 1.71 bits per heavy atom. The van der Waals surface area contributed by atoms with Crippen LogP contribution in [0.25, 0.3) is 6.08 Å². The zero-order valence-corrected chi connectivity index (χ0v) is 13.0. The number of allylic oxidation sites excluding steroid dienone is 1. The Balaban J connectivity index is 1.82. The Kier molecular flexibility index (Phi) is 6.41. The number of halogens is 2. The second-order valence-corrected chi connectivity index (χ2v) is 6.27. The maximum atomic E-state index is 13.5. The zero-order chi connectivity index (χ0) is 15.1. The summed E-state index contributed by atoms with van der Waals surface area (Å²) in [5, 5.41) is 0. The molecule has 1 aromatic rings. The molecular formula is C19H26F2. The summed E-state index contributed by atoms with van der Waals surface area (Å²) in [6.07, 6.45) is 13.8. The van der Waals surface area contributed by atoms with Crippen LogP contribution in [0.4, 0.5) is 8.78 Å². The van der Waals surface area contributed by atoms with E-state index in [1.807, 2.05) is 6.08 Å². The smallest absolute Gasteiger partial charge is 0.133 e. The van der Waals surface area contributed by atoms with Crippen LogP contribution in [0.5, 0.6) is 0 Å². The van der Waals surface area contributed by atoms with Gasteiger partial charge in [0.15, 0.2) is 0 Å². The first-order chi connectivity index (χ1) is 10.2. The van der Waals surface area contributed by atoms with Crippen molar-refractivity contribution in [1.82, 2.24) is 0 Å². The van der Waals surface area contributed by atoms with Crippen LogP contribution in [0.2, 0.25) is 0 Å². The van der Waals surface area contributed by atoms with Crippen molar-refractivity contribution in [3.05, 3.63) is 41.5 Å². The van der Waals surface area contributed by atoms with Crippen molar-refractivity contribution in [3.8, 4) is 0 Å². The normalized spacial score (nSPS) is 22.8. The summed E-state index contributed by atoms with van der Waals surface area (Å²) < 4.78 is 27.1. The van der Waals surface area contributed by atoms with Gasteiger partial charge < -0.3 is 0 Å². The fourth-order valence-corrected chi connectivity index (χ4v) is 3.25. The summed E-state index contributed by atoms with van der Waals surface area (Å²) in [7, 11) is 0. The van der Waals surface area contributed by atoms with E-state index in [2.05, 4.69) is 6.92 Å². The van der Waals surface area contributed by atoms with E-state index in [0.29, 0.717) is 5.92 Å². The molecule has 21 heavy (non-hydrogen) atoms. The minimum Gasteiger partial charge on any atom is -0.206 e. The van der Waals surface area contributed by atoms with Crippen LogP contribution in [0.15, 0.2) is 24.3 Å². The van der Waals surface area contributed by atoms with Gasteiger partial charge in [0.2, 0.25) is 0 Å². The van der Waals surface area contributed by atoms with Crippen LogP contribution in [0.1, 0.15) is 63.9 Å². The standard InChI is InChI=1S/C19H26F2/c1-2-3-4-6-15-9-11-16(12-10-15)13-14-17-18(20)7-5-8-19(17)21/h5,7-8,13-16H,2-4,6,9-12H2,1H3. The monoisotopic (exact) mass is 292 g/mol. The SMILES string of the molecule is CCCCCC1CCC(C=Cc2c(F)cccc2F)CC1. The third-order valence-corrected chi connectivity index (χ3v) is 4.64. The van der Waals surface area contributed by atoms with Gasteiger partial charge in [0.05, 0.1) is 0 Å². The molecule has 0 unspecified atom stereocenters. The zero-order valence-electron chi connectivity index (χ0n) is 13.0. The molecule has 1 aromatic carbocycles. The summed E-state index contributed by atoms with van der Waals surface area (Å²) in [4.78, 5) is 0. The van der Waals surface area contributed by atoms with Crippen molar-refractivity contribution < 1.29 is 8.78 Å². The molecule has 0 aliphatic heterocycles. The van der Waals surface area contributed by atoms with Gasteiger partial charge in [-0.25, -0.2) is 8.78 Å². The van der Waals surface area contributed by atoms with Crippen molar-refractivity contribution in [3.63, 3.8) is 0 Å². The summed E-state index contributed by atoms with van der Waals surface area (Å²) in [6.45, 7) is 2.24. The number of hydrogen-bond donors (Lipinski definition) is 0. The highest BCUT2D eigenvalue weighted by Crippen LogP contribution is 2.33. The first kappa shape index (κ1) is 16.2. The van der Waals surface area contributed by atoms with E-state index >= 15 is 0 Å². The van der Waals surface area contributed by atoms with Gasteiger partial charge in [-0.3, -0.25) is 0 Å². The van der Waals surface area contributed by atoms with E-state index in [1.54, 1.807) is 6.08 Å².